The Bertz CT molecular complexity index is 1060. The highest BCUT2D eigenvalue weighted by Crippen LogP contribution is 2.30. The molecule has 0 saturated carbocycles. The molecule has 5 nitrogen and oxygen atoms in total. The third kappa shape index (κ3) is 3.97. The number of aryl methyl sites for hydroxylation is 1. The number of hydrogen-bond donors (Lipinski definition) is 0. The fourth-order valence-corrected chi connectivity index (χ4v) is 3.91. The number of nitrogens with zero attached hydrogens (tertiary/aromatic N) is 3. The van der Waals surface area contributed by atoms with Crippen molar-refractivity contribution < 1.29 is 9.15 Å². The molecule has 0 bridgehead atoms. The number of ether oxygens (including phenoxy) is 1. The van der Waals surface area contributed by atoms with Crippen LogP contribution in [0.4, 0.5) is 0 Å². The minimum Gasteiger partial charge on any atom is -0.497 e. The third-order valence-electron chi connectivity index (χ3n) is 4.50. The van der Waals surface area contributed by atoms with Gasteiger partial charge in [-0.1, -0.05) is 54.2 Å². The number of methoxy groups -OCH3 is 1. The Hall–Kier alpha value is -2.99. The second kappa shape index (κ2) is 8.35. The Morgan fingerprint density at radius 3 is 2.57 bits per heavy atom. The lowest BCUT2D eigenvalue weighted by Gasteiger charge is -2.10. The molecule has 0 aliphatic heterocycles. The number of hydrogen-bond acceptors (Lipinski definition) is 5. The Morgan fingerprint density at radius 1 is 1.00 bits per heavy atom. The van der Waals surface area contributed by atoms with Crippen LogP contribution < -0.4 is 4.74 Å². The predicted octanol–water partition coefficient (Wildman–Crippen LogP) is 5.20. The van der Waals surface area contributed by atoms with Crippen molar-refractivity contribution >= 4 is 11.8 Å². The normalized spacial score (nSPS) is 10.9. The van der Waals surface area contributed by atoms with E-state index in [1.807, 2.05) is 49.4 Å². The first-order chi connectivity index (χ1) is 13.7. The van der Waals surface area contributed by atoms with E-state index < -0.39 is 0 Å². The molecule has 0 saturated heterocycles. The zero-order chi connectivity index (χ0) is 19.3. The van der Waals surface area contributed by atoms with Gasteiger partial charge in [0.1, 0.15) is 11.5 Å². The molecule has 142 valence electrons. The topological polar surface area (TPSA) is 53.1 Å². The van der Waals surface area contributed by atoms with Crippen molar-refractivity contribution in [3.8, 4) is 17.1 Å². The second-order valence-corrected chi connectivity index (χ2v) is 7.35. The molecule has 0 spiro atoms. The maximum Gasteiger partial charge on any atom is 0.192 e. The maximum absolute atomic E-state index is 5.49. The Labute approximate surface area is 168 Å². The molecule has 0 atom stereocenters. The predicted molar refractivity (Wildman–Crippen MR) is 111 cm³/mol. The van der Waals surface area contributed by atoms with Crippen LogP contribution in [0.5, 0.6) is 5.75 Å². The van der Waals surface area contributed by atoms with Gasteiger partial charge in [0.05, 0.1) is 25.5 Å². The van der Waals surface area contributed by atoms with Crippen molar-refractivity contribution in [2.75, 3.05) is 7.11 Å². The molecular weight excluding hydrogens is 370 g/mol. The van der Waals surface area contributed by atoms with Crippen molar-refractivity contribution in [3.05, 3.63) is 83.8 Å². The van der Waals surface area contributed by atoms with Crippen molar-refractivity contribution in [2.45, 2.75) is 24.4 Å². The van der Waals surface area contributed by atoms with Crippen LogP contribution >= 0.6 is 11.8 Å². The highest BCUT2D eigenvalue weighted by molar-refractivity contribution is 7.98. The Kier molecular flexibility index (Phi) is 5.48. The van der Waals surface area contributed by atoms with E-state index in [-0.39, 0.29) is 0 Å². The van der Waals surface area contributed by atoms with Gasteiger partial charge in [-0.2, -0.15) is 0 Å². The first-order valence-electron chi connectivity index (χ1n) is 9.02. The summed E-state index contributed by atoms with van der Waals surface area (Å²) in [4.78, 5) is 0. The summed E-state index contributed by atoms with van der Waals surface area (Å²) >= 11 is 1.67. The summed E-state index contributed by atoms with van der Waals surface area (Å²) in [6.07, 6.45) is 1.69. The molecular formula is C22H21N3O2S. The van der Waals surface area contributed by atoms with Crippen LogP contribution in [0.15, 0.2) is 76.5 Å². The van der Waals surface area contributed by atoms with Gasteiger partial charge >= 0.3 is 0 Å². The number of thioether (sulfide) groups is 1. The molecule has 0 fully saturated rings. The molecule has 0 aliphatic rings. The lowest BCUT2D eigenvalue weighted by atomic mass is 10.2. The van der Waals surface area contributed by atoms with Crippen LogP contribution in [-0.4, -0.2) is 21.9 Å². The standard InChI is InChI=1S/C22H21N3O2S/c1-16-20(11-12-27-16)21-23-24-22(25(21)14-17-7-4-3-5-8-17)28-15-18-9-6-10-19(13-18)26-2/h3-13H,14-15H2,1-2H3. The van der Waals surface area contributed by atoms with Gasteiger partial charge in [0, 0.05) is 5.75 Å². The van der Waals surface area contributed by atoms with E-state index in [0.29, 0.717) is 6.54 Å². The van der Waals surface area contributed by atoms with Gasteiger partial charge in [-0.15, -0.1) is 10.2 Å². The summed E-state index contributed by atoms with van der Waals surface area (Å²) in [5, 5.41) is 9.82. The molecule has 28 heavy (non-hydrogen) atoms. The van der Waals surface area contributed by atoms with Crippen LogP contribution in [0.1, 0.15) is 16.9 Å². The Morgan fingerprint density at radius 2 is 1.82 bits per heavy atom. The summed E-state index contributed by atoms with van der Waals surface area (Å²) in [5.41, 5.74) is 3.35. The minimum atomic E-state index is 0.703. The molecule has 0 N–H and O–H groups in total. The van der Waals surface area contributed by atoms with E-state index in [1.165, 1.54) is 11.1 Å². The van der Waals surface area contributed by atoms with Gasteiger partial charge in [-0.3, -0.25) is 4.57 Å². The van der Waals surface area contributed by atoms with Crippen LogP contribution in [0.2, 0.25) is 0 Å². The molecule has 4 rings (SSSR count). The molecule has 0 amide bonds. The number of aromatic nitrogens is 3. The average molecular weight is 391 g/mol. The molecule has 0 radical (unpaired) electrons. The van der Waals surface area contributed by atoms with Crippen molar-refractivity contribution in [1.82, 2.24) is 14.8 Å². The molecule has 2 aromatic carbocycles. The van der Waals surface area contributed by atoms with E-state index >= 15 is 0 Å². The zero-order valence-electron chi connectivity index (χ0n) is 15.8. The van der Waals surface area contributed by atoms with Crippen molar-refractivity contribution in [2.24, 2.45) is 0 Å². The third-order valence-corrected chi connectivity index (χ3v) is 5.54. The van der Waals surface area contributed by atoms with Gasteiger partial charge in [0.25, 0.3) is 0 Å². The summed E-state index contributed by atoms with van der Waals surface area (Å²) < 4.78 is 13.0. The van der Waals surface area contributed by atoms with Gasteiger partial charge in [0.15, 0.2) is 11.0 Å². The summed E-state index contributed by atoms with van der Waals surface area (Å²) in [5.74, 6) is 3.31. The van der Waals surface area contributed by atoms with E-state index in [1.54, 1.807) is 25.1 Å². The summed E-state index contributed by atoms with van der Waals surface area (Å²) in [6, 6.07) is 20.4. The van der Waals surface area contributed by atoms with Crippen LogP contribution in [0, 0.1) is 6.92 Å². The highest BCUT2D eigenvalue weighted by Gasteiger charge is 2.18. The van der Waals surface area contributed by atoms with Gasteiger partial charge in [-0.25, -0.2) is 0 Å². The number of benzene rings is 2. The molecule has 6 heteroatoms. The van der Waals surface area contributed by atoms with Gasteiger partial charge < -0.3 is 9.15 Å². The molecule has 2 heterocycles. The minimum absolute atomic E-state index is 0.703. The first kappa shape index (κ1) is 18.4. The highest BCUT2D eigenvalue weighted by atomic mass is 32.2. The number of furan rings is 1. The van der Waals surface area contributed by atoms with Crippen molar-refractivity contribution in [1.29, 1.82) is 0 Å². The van der Waals surface area contributed by atoms with E-state index in [2.05, 4.69) is 33.0 Å². The molecule has 0 aliphatic carbocycles. The average Bonchev–Trinajstić information content (AvgIpc) is 3.33. The quantitative estimate of drug-likeness (QED) is 0.406. The van der Waals surface area contributed by atoms with Gasteiger partial charge in [-0.05, 0) is 36.2 Å². The van der Waals surface area contributed by atoms with Crippen LogP contribution in [0.3, 0.4) is 0 Å². The fraction of sp³-hybridized carbons (Fsp3) is 0.182. The molecule has 2 aromatic heterocycles. The summed E-state index contributed by atoms with van der Waals surface area (Å²) in [6.45, 7) is 2.65. The monoisotopic (exact) mass is 391 g/mol. The lowest BCUT2D eigenvalue weighted by molar-refractivity contribution is 0.414. The van der Waals surface area contributed by atoms with Crippen LogP contribution in [0.25, 0.3) is 11.4 Å². The van der Waals surface area contributed by atoms with Gasteiger partial charge in [0.2, 0.25) is 0 Å². The molecule has 4 aromatic rings. The lowest BCUT2D eigenvalue weighted by Crippen LogP contribution is -2.04. The zero-order valence-corrected chi connectivity index (χ0v) is 16.6. The number of rotatable bonds is 7. The maximum atomic E-state index is 5.49. The van der Waals surface area contributed by atoms with E-state index in [9.17, 15) is 0 Å². The largest absolute Gasteiger partial charge is 0.497 e. The SMILES string of the molecule is COc1cccc(CSc2nnc(-c3ccoc3C)n2Cc2ccccc2)c1. The van der Waals surface area contributed by atoms with E-state index in [0.717, 1.165) is 33.8 Å². The fourth-order valence-electron chi connectivity index (χ4n) is 3.03. The first-order valence-corrected chi connectivity index (χ1v) is 10.0. The van der Waals surface area contributed by atoms with E-state index in [4.69, 9.17) is 9.15 Å². The second-order valence-electron chi connectivity index (χ2n) is 6.41. The van der Waals surface area contributed by atoms with Crippen LogP contribution in [-0.2, 0) is 12.3 Å². The smallest absolute Gasteiger partial charge is 0.192 e. The molecule has 0 unspecified atom stereocenters. The Balaban J connectivity index is 1.64. The van der Waals surface area contributed by atoms with Crippen molar-refractivity contribution in [3.63, 3.8) is 0 Å². The summed E-state index contributed by atoms with van der Waals surface area (Å²) in [7, 11) is 1.68.